The number of carbonyl (C=O) groups excluding carboxylic acids is 1. The lowest BCUT2D eigenvalue weighted by molar-refractivity contribution is -0.139. The third-order valence-electron chi connectivity index (χ3n) is 4.77. The van der Waals surface area contributed by atoms with Crippen molar-refractivity contribution in [2.24, 2.45) is 0 Å². The summed E-state index contributed by atoms with van der Waals surface area (Å²) in [5.41, 5.74) is -1.27. The second kappa shape index (κ2) is 7.01. The number of hydrogen-bond donors (Lipinski definition) is 0. The normalized spacial score (nSPS) is 22.8. The molecule has 0 aromatic heterocycles. The fraction of sp³-hybridized carbons (Fsp3) is 0.562. The summed E-state index contributed by atoms with van der Waals surface area (Å²) >= 11 is 5.63. The van der Waals surface area contributed by atoms with Gasteiger partial charge in [-0.2, -0.15) is 17.5 Å². The van der Waals surface area contributed by atoms with Gasteiger partial charge in [-0.05, 0) is 37.5 Å². The van der Waals surface area contributed by atoms with Crippen LogP contribution in [0.25, 0.3) is 0 Å². The number of benzene rings is 1. The van der Waals surface area contributed by atoms with Crippen LogP contribution in [0.15, 0.2) is 23.1 Å². The highest BCUT2D eigenvalue weighted by Gasteiger charge is 2.41. The van der Waals surface area contributed by atoms with Gasteiger partial charge in [-0.3, -0.25) is 4.79 Å². The van der Waals surface area contributed by atoms with E-state index in [9.17, 15) is 26.4 Å². The Hall–Kier alpha value is -1.32. The van der Waals surface area contributed by atoms with Crippen molar-refractivity contribution in [3.8, 4) is 0 Å². The number of alkyl halides is 3. The summed E-state index contributed by atoms with van der Waals surface area (Å²) in [4.78, 5) is 12.8. The Labute approximate surface area is 154 Å². The SMILES string of the molecule is O=C1CCCN1C1CCCN(S(=O)(=O)c2ccc(Cl)cc2C(F)(F)F)C1. The molecule has 5 nitrogen and oxygen atoms in total. The summed E-state index contributed by atoms with van der Waals surface area (Å²) in [5.74, 6) is -0.0308. The van der Waals surface area contributed by atoms with Gasteiger partial charge < -0.3 is 4.90 Å². The number of piperidine rings is 1. The minimum atomic E-state index is -4.84. The zero-order valence-corrected chi connectivity index (χ0v) is 15.4. The topological polar surface area (TPSA) is 57.7 Å². The van der Waals surface area contributed by atoms with Gasteiger partial charge in [0.2, 0.25) is 15.9 Å². The van der Waals surface area contributed by atoms with Crippen LogP contribution in [0.2, 0.25) is 5.02 Å². The van der Waals surface area contributed by atoms with E-state index in [0.29, 0.717) is 31.9 Å². The molecule has 2 heterocycles. The van der Waals surface area contributed by atoms with E-state index >= 15 is 0 Å². The predicted molar refractivity (Wildman–Crippen MR) is 89.2 cm³/mol. The Balaban J connectivity index is 1.92. The van der Waals surface area contributed by atoms with Gasteiger partial charge in [-0.25, -0.2) is 8.42 Å². The van der Waals surface area contributed by atoms with Crippen LogP contribution in [0.4, 0.5) is 13.2 Å². The van der Waals surface area contributed by atoms with Gasteiger partial charge in [0.25, 0.3) is 0 Å². The van der Waals surface area contributed by atoms with Crippen LogP contribution in [-0.4, -0.2) is 49.2 Å². The zero-order chi connectivity index (χ0) is 19.1. The molecule has 0 N–H and O–H groups in total. The first-order chi connectivity index (χ1) is 12.1. The standard InChI is InChI=1S/C16H18ClF3N2O3S/c17-11-5-6-14(13(9-11)16(18,19)20)26(24,25)21-7-1-3-12(10-21)22-8-2-4-15(22)23/h5-6,9,12H,1-4,7-8,10H2. The van der Waals surface area contributed by atoms with Gasteiger partial charge in [0.15, 0.2) is 0 Å². The molecule has 1 aromatic rings. The van der Waals surface area contributed by atoms with Crippen molar-refractivity contribution in [3.05, 3.63) is 28.8 Å². The van der Waals surface area contributed by atoms with Crippen molar-refractivity contribution >= 4 is 27.5 Å². The quantitative estimate of drug-likeness (QED) is 0.769. The highest BCUT2D eigenvalue weighted by atomic mass is 35.5. The molecule has 2 saturated heterocycles. The van der Waals surface area contributed by atoms with Crippen molar-refractivity contribution in [2.45, 2.75) is 42.8 Å². The first-order valence-electron chi connectivity index (χ1n) is 8.27. The first kappa shape index (κ1) is 19.4. The maximum absolute atomic E-state index is 13.3. The number of halogens is 4. The molecule has 0 radical (unpaired) electrons. The number of likely N-dealkylation sites (tertiary alicyclic amines) is 1. The molecular formula is C16H18ClF3N2O3S. The molecule has 1 atom stereocenters. The average molecular weight is 411 g/mol. The van der Waals surface area contributed by atoms with Crippen molar-refractivity contribution < 1.29 is 26.4 Å². The first-order valence-corrected chi connectivity index (χ1v) is 10.1. The summed E-state index contributed by atoms with van der Waals surface area (Å²) < 4.78 is 66.7. The summed E-state index contributed by atoms with van der Waals surface area (Å²) in [6.07, 6.45) is -2.56. The van der Waals surface area contributed by atoms with Crippen LogP contribution >= 0.6 is 11.6 Å². The molecule has 2 fully saturated rings. The predicted octanol–water partition coefficient (Wildman–Crippen LogP) is 3.13. The lowest BCUT2D eigenvalue weighted by Crippen LogP contribution is -2.50. The third kappa shape index (κ3) is 3.70. The molecule has 0 bridgehead atoms. The average Bonchev–Trinajstić information content (AvgIpc) is 3.00. The summed E-state index contributed by atoms with van der Waals surface area (Å²) in [7, 11) is -4.36. The van der Waals surface area contributed by atoms with E-state index in [2.05, 4.69) is 0 Å². The Kier molecular flexibility index (Phi) is 5.24. The number of nitrogens with zero attached hydrogens (tertiary/aromatic N) is 2. The lowest BCUT2D eigenvalue weighted by Gasteiger charge is -2.37. The minimum Gasteiger partial charge on any atom is -0.338 e. The van der Waals surface area contributed by atoms with E-state index < -0.39 is 26.7 Å². The van der Waals surface area contributed by atoms with Gasteiger partial charge in [-0.1, -0.05) is 11.6 Å². The van der Waals surface area contributed by atoms with Crippen molar-refractivity contribution in [1.82, 2.24) is 9.21 Å². The smallest absolute Gasteiger partial charge is 0.338 e. The molecule has 10 heteroatoms. The molecule has 1 amide bonds. The Morgan fingerprint density at radius 3 is 2.50 bits per heavy atom. The number of rotatable bonds is 3. The Morgan fingerprint density at radius 1 is 1.15 bits per heavy atom. The van der Waals surface area contributed by atoms with E-state index in [1.807, 2.05) is 0 Å². The van der Waals surface area contributed by atoms with E-state index in [0.717, 1.165) is 22.9 Å². The monoisotopic (exact) mass is 410 g/mol. The molecule has 144 valence electrons. The van der Waals surface area contributed by atoms with Crippen molar-refractivity contribution in [2.75, 3.05) is 19.6 Å². The Bertz CT molecular complexity index is 813. The van der Waals surface area contributed by atoms with Crippen molar-refractivity contribution in [3.63, 3.8) is 0 Å². The lowest BCUT2D eigenvalue weighted by atomic mass is 10.1. The maximum atomic E-state index is 13.3. The molecule has 1 unspecified atom stereocenters. The maximum Gasteiger partial charge on any atom is 0.417 e. The van der Waals surface area contributed by atoms with Gasteiger partial charge in [0.1, 0.15) is 0 Å². The van der Waals surface area contributed by atoms with E-state index in [4.69, 9.17) is 11.6 Å². The van der Waals surface area contributed by atoms with Gasteiger partial charge in [-0.15, -0.1) is 0 Å². The second-order valence-corrected chi connectivity index (χ2v) is 8.83. The minimum absolute atomic E-state index is 0.00793. The van der Waals surface area contributed by atoms with Crippen LogP contribution in [0.1, 0.15) is 31.2 Å². The van der Waals surface area contributed by atoms with Crippen LogP contribution in [0.5, 0.6) is 0 Å². The summed E-state index contributed by atoms with van der Waals surface area (Å²) in [6, 6.07) is 2.36. The molecule has 2 aliphatic heterocycles. The molecule has 3 rings (SSSR count). The zero-order valence-electron chi connectivity index (χ0n) is 13.8. The number of carbonyl (C=O) groups is 1. The van der Waals surface area contributed by atoms with E-state index in [1.54, 1.807) is 4.90 Å². The highest BCUT2D eigenvalue weighted by molar-refractivity contribution is 7.89. The summed E-state index contributed by atoms with van der Waals surface area (Å²) in [5, 5.41) is -0.185. The van der Waals surface area contributed by atoms with E-state index in [-0.39, 0.29) is 30.1 Å². The molecule has 0 spiro atoms. The molecular weight excluding hydrogens is 393 g/mol. The highest BCUT2D eigenvalue weighted by Crippen LogP contribution is 2.37. The van der Waals surface area contributed by atoms with Gasteiger partial charge in [0.05, 0.1) is 10.5 Å². The molecule has 26 heavy (non-hydrogen) atoms. The molecule has 2 aliphatic rings. The molecule has 0 aliphatic carbocycles. The summed E-state index contributed by atoms with van der Waals surface area (Å²) in [6.45, 7) is 0.695. The third-order valence-corrected chi connectivity index (χ3v) is 6.93. The number of hydrogen-bond acceptors (Lipinski definition) is 3. The van der Waals surface area contributed by atoms with Gasteiger partial charge >= 0.3 is 6.18 Å². The fourth-order valence-electron chi connectivity index (χ4n) is 3.54. The Morgan fingerprint density at radius 2 is 1.88 bits per heavy atom. The number of sulfonamides is 1. The van der Waals surface area contributed by atoms with E-state index in [1.165, 1.54) is 0 Å². The molecule has 1 aromatic carbocycles. The van der Waals surface area contributed by atoms with Gasteiger partial charge in [0, 0.05) is 37.1 Å². The van der Waals surface area contributed by atoms with Crippen LogP contribution in [-0.2, 0) is 21.0 Å². The fourth-order valence-corrected chi connectivity index (χ4v) is 5.42. The molecule has 0 saturated carbocycles. The van der Waals surface area contributed by atoms with Crippen LogP contribution < -0.4 is 0 Å². The van der Waals surface area contributed by atoms with Crippen LogP contribution in [0, 0.1) is 0 Å². The second-order valence-electron chi connectivity index (χ2n) is 6.49. The largest absolute Gasteiger partial charge is 0.417 e. The van der Waals surface area contributed by atoms with Crippen molar-refractivity contribution in [1.29, 1.82) is 0 Å². The van der Waals surface area contributed by atoms with Crippen LogP contribution in [0.3, 0.4) is 0 Å². The number of amides is 1.